The van der Waals surface area contributed by atoms with Crippen LogP contribution >= 0.6 is 11.6 Å². The molecule has 0 unspecified atom stereocenters. The third-order valence-electron chi connectivity index (χ3n) is 3.45. The van der Waals surface area contributed by atoms with Gasteiger partial charge in [-0.25, -0.2) is 4.68 Å². The molecule has 1 aromatic carbocycles. The lowest BCUT2D eigenvalue weighted by atomic mass is 9.84. The predicted octanol–water partition coefficient (Wildman–Crippen LogP) is 1.61. The van der Waals surface area contributed by atoms with Crippen molar-refractivity contribution >= 4 is 23.5 Å². The van der Waals surface area contributed by atoms with Crippen LogP contribution in [0.3, 0.4) is 0 Å². The SMILES string of the molecule is CC(C)(C(=O)NCc1cn(CC(=O)O)nn1)c1ccc(Cl)cc1. The molecule has 1 aromatic heterocycles. The number of nitrogens with one attached hydrogen (secondary N) is 1. The van der Waals surface area contributed by atoms with E-state index in [0.717, 1.165) is 5.56 Å². The minimum atomic E-state index is -1.01. The van der Waals surface area contributed by atoms with Gasteiger partial charge in [0.2, 0.25) is 5.91 Å². The van der Waals surface area contributed by atoms with Crippen molar-refractivity contribution in [3.63, 3.8) is 0 Å². The molecular formula is C15H17ClN4O3. The summed E-state index contributed by atoms with van der Waals surface area (Å²) in [5.41, 5.74) is 0.599. The van der Waals surface area contributed by atoms with Gasteiger partial charge in [0.15, 0.2) is 0 Å². The van der Waals surface area contributed by atoms with Crippen LogP contribution in [-0.2, 0) is 28.1 Å². The highest BCUT2D eigenvalue weighted by Gasteiger charge is 2.29. The molecule has 0 fully saturated rings. The third kappa shape index (κ3) is 4.29. The Bertz CT molecular complexity index is 710. The second-order valence-electron chi connectivity index (χ2n) is 5.62. The van der Waals surface area contributed by atoms with Gasteiger partial charge < -0.3 is 10.4 Å². The number of aromatic nitrogens is 3. The largest absolute Gasteiger partial charge is 0.480 e. The van der Waals surface area contributed by atoms with Gasteiger partial charge >= 0.3 is 5.97 Å². The monoisotopic (exact) mass is 336 g/mol. The first-order chi connectivity index (χ1) is 10.8. The maximum atomic E-state index is 12.4. The average Bonchev–Trinajstić information content (AvgIpc) is 2.91. The van der Waals surface area contributed by atoms with E-state index in [9.17, 15) is 9.59 Å². The van der Waals surface area contributed by atoms with Crippen molar-refractivity contribution in [1.82, 2.24) is 20.3 Å². The van der Waals surface area contributed by atoms with Crippen LogP contribution in [-0.4, -0.2) is 32.0 Å². The normalized spacial score (nSPS) is 11.3. The lowest BCUT2D eigenvalue weighted by molar-refractivity contribution is -0.138. The second kappa shape index (κ2) is 6.78. The number of halogens is 1. The minimum Gasteiger partial charge on any atom is -0.480 e. The Hall–Kier alpha value is -2.41. The van der Waals surface area contributed by atoms with Gasteiger partial charge in [-0.15, -0.1) is 5.10 Å². The molecule has 122 valence electrons. The first kappa shape index (κ1) is 17.0. The van der Waals surface area contributed by atoms with Gasteiger partial charge in [0.05, 0.1) is 18.2 Å². The molecule has 0 aliphatic carbocycles. The number of nitrogens with zero attached hydrogens (tertiary/aromatic N) is 3. The summed E-state index contributed by atoms with van der Waals surface area (Å²) >= 11 is 5.86. The van der Waals surface area contributed by atoms with Crippen LogP contribution in [0.15, 0.2) is 30.5 Å². The maximum Gasteiger partial charge on any atom is 0.325 e. The molecule has 0 radical (unpaired) electrons. The average molecular weight is 337 g/mol. The molecule has 1 heterocycles. The number of carbonyl (C=O) groups is 2. The molecule has 0 saturated heterocycles. The number of carboxylic acids is 1. The van der Waals surface area contributed by atoms with E-state index in [-0.39, 0.29) is 19.0 Å². The van der Waals surface area contributed by atoms with Crippen molar-refractivity contribution < 1.29 is 14.7 Å². The smallest absolute Gasteiger partial charge is 0.325 e. The zero-order chi connectivity index (χ0) is 17.0. The van der Waals surface area contributed by atoms with E-state index in [1.807, 2.05) is 26.0 Å². The highest BCUT2D eigenvalue weighted by molar-refractivity contribution is 6.30. The fourth-order valence-electron chi connectivity index (χ4n) is 2.02. The molecule has 2 rings (SSSR count). The van der Waals surface area contributed by atoms with Crippen molar-refractivity contribution in [2.75, 3.05) is 0 Å². The summed E-state index contributed by atoms with van der Waals surface area (Å²) in [6, 6.07) is 7.10. The molecule has 0 aliphatic heterocycles. The molecule has 1 amide bonds. The number of aliphatic carboxylic acids is 1. The molecule has 7 nitrogen and oxygen atoms in total. The Labute approximate surface area is 138 Å². The first-order valence-corrected chi connectivity index (χ1v) is 7.32. The summed E-state index contributed by atoms with van der Waals surface area (Å²) in [6.45, 7) is 3.53. The van der Waals surface area contributed by atoms with Crippen LogP contribution in [0, 0.1) is 0 Å². The Morgan fingerprint density at radius 2 is 1.96 bits per heavy atom. The van der Waals surface area contributed by atoms with Gasteiger partial charge in [-0.05, 0) is 31.5 Å². The zero-order valence-electron chi connectivity index (χ0n) is 12.8. The van der Waals surface area contributed by atoms with Gasteiger partial charge in [0.25, 0.3) is 0 Å². The molecule has 0 saturated carbocycles. The van der Waals surface area contributed by atoms with Crippen molar-refractivity contribution in [2.45, 2.75) is 32.4 Å². The molecule has 2 N–H and O–H groups in total. The number of benzene rings is 1. The fraction of sp³-hybridized carbons (Fsp3) is 0.333. The summed E-state index contributed by atoms with van der Waals surface area (Å²) in [5.74, 6) is -1.18. The summed E-state index contributed by atoms with van der Waals surface area (Å²) in [7, 11) is 0. The van der Waals surface area contributed by atoms with Crippen LogP contribution in [0.4, 0.5) is 0 Å². The number of hydrogen-bond donors (Lipinski definition) is 2. The van der Waals surface area contributed by atoms with Gasteiger partial charge in [-0.2, -0.15) is 0 Å². The topological polar surface area (TPSA) is 97.1 Å². The molecule has 0 spiro atoms. The van der Waals surface area contributed by atoms with E-state index >= 15 is 0 Å². The van der Waals surface area contributed by atoms with Gasteiger partial charge in [0.1, 0.15) is 12.2 Å². The Kier molecular flexibility index (Phi) is 5.00. The van der Waals surface area contributed by atoms with E-state index in [4.69, 9.17) is 16.7 Å². The summed E-state index contributed by atoms with van der Waals surface area (Å²) < 4.78 is 1.20. The van der Waals surface area contributed by atoms with E-state index in [2.05, 4.69) is 15.6 Å². The Morgan fingerprint density at radius 3 is 2.57 bits per heavy atom. The Balaban J connectivity index is 1.99. The van der Waals surface area contributed by atoms with Crippen LogP contribution in [0.5, 0.6) is 0 Å². The summed E-state index contributed by atoms with van der Waals surface area (Å²) in [4.78, 5) is 23.0. The second-order valence-corrected chi connectivity index (χ2v) is 6.05. The molecule has 0 aliphatic rings. The predicted molar refractivity (Wildman–Crippen MR) is 84.0 cm³/mol. The fourth-order valence-corrected chi connectivity index (χ4v) is 2.15. The van der Waals surface area contributed by atoms with Gasteiger partial charge in [0, 0.05) is 5.02 Å². The van der Waals surface area contributed by atoms with Crippen LogP contribution in [0.2, 0.25) is 5.02 Å². The Morgan fingerprint density at radius 1 is 1.30 bits per heavy atom. The minimum absolute atomic E-state index is 0.174. The highest BCUT2D eigenvalue weighted by Crippen LogP contribution is 2.24. The first-order valence-electron chi connectivity index (χ1n) is 6.94. The van der Waals surface area contributed by atoms with Gasteiger partial charge in [-0.3, -0.25) is 9.59 Å². The number of carboxylic acid groups (broad SMARTS) is 1. The van der Waals surface area contributed by atoms with Crippen LogP contribution in [0.25, 0.3) is 0 Å². The van der Waals surface area contributed by atoms with Crippen molar-refractivity contribution in [3.8, 4) is 0 Å². The van der Waals surface area contributed by atoms with Crippen LogP contribution in [0.1, 0.15) is 25.1 Å². The highest BCUT2D eigenvalue weighted by atomic mass is 35.5. The number of amides is 1. The molecule has 23 heavy (non-hydrogen) atoms. The standard InChI is InChI=1S/C15H17ClN4O3/c1-15(2,10-3-5-11(16)6-4-10)14(23)17-7-12-8-20(19-18-12)9-13(21)22/h3-6,8H,7,9H2,1-2H3,(H,17,23)(H,21,22). The summed E-state index contributed by atoms with van der Waals surface area (Å²) in [5, 5.41) is 19.6. The maximum absolute atomic E-state index is 12.4. The molecule has 2 aromatic rings. The lowest BCUT2D eigenvalue weighted by Crippen LogP contribution is -2.39. The quantitative estimate of drug-likeness (QED) is 0.835. The van der Waals surface area contributed by atoms with E-state index in [1.54, 1.807) is 12.1 Å². The number of rotatable bonds is 6. The molecule has 0 bridgehead atoms. The van der Waals surface area contributed by atoms with Crippen molar-refractivity contribution in [3.05, 3.63) is 46.7 Å². The zero-order valence-corrected chi connectivity index (χ0v) is 13.5. The molecule has 8 heteroatoms. The molecular weight excluding hydrogens is 320 g/mol. The summed E-state index contributed by atoms with van der Waals surface area (Å²) in [6.07, 6.45) is 1.49. The molecule has 0 atom stereocenters. The third-order valence-corrected chi connectivity index (χ3v) is 3.70. The van der Waals surface area contributed by atoms with Gasteiger partial charge in [-0.1, -0.05) is 28.9 Å². The number of hydrogen-bond acceptors (Lipinski definition) is 4. The lowest BCUT2D eigenvalue weighted by Gasteiger charge is -2.24. The van der Waals surface area contributed by atoms with Crippen LogP contribution < -0.4 is 5.32 Å². The van der Waals surface area contributed by atoms with E-state index in [0.29, 0.717) is 10.7 Å². The number of carbonyl (C=O) groups excluding carboxylic acids is 1. The van der Waals surface area contributed by atoms with E-state index in [1.165, 1.54) is 10.9 Å². The van der Waals surface area contributed by atoms with E-state index < -0.39 is 11.4 Å². The van der Waals surface area contributed by atoms with Crippen molar-refractivity contribution in [1.29, 1.82) is 0 Å². The van der Waals surface area contributed by atoms with Crippen molar-refractivity contribution in [2.24, 2.45) is 0 Å².